The van der Waals surface area contributed by atoms with E-state index in [1.165, 1.54) is 0 Å². The van der Waals surface area contributed by atoms with Crippen molar-refractivity contribution in [3.05, 3.63) is 28.6 Å². The second-order valence-corrected chi connectivity index (χ2v) is 3.41. The van der Waals surface area contributed by atoms with Gasteiger partial charge < -0.3 is 10.5 Å². The topological polar surface area (TPSA) is 65.2 Å². The number of rotatable bonds is 3. The lowest BCUT2D eigenvalue weighted by molar-refractivity contribution is -0.140. The third kappa shape index (κ3) is 2.98. The van der Waals surface area contributed by atoms with Crippen LogP contribution in [0, 0.1) is 0 Å². The van der Waals surface area contributed by atoms with Crippen LogP contribution < -0.4 is 5.73 Å². The van der Waals surface area contributed by atoms with E-state index in [2.05, 4.69) is 9.72 Å². The molecule has 0 saturated heterocycles. The van der Waals surface area contributed by atoms with E-state index in [-0.39, 0.29) is 0 Å². The molecule has 0 aliphatic heterocycles. The number of carbonyl (C=O) groups excluding carboxylic acids is 1. The van der Waals surface area contributed by atoms with Crippen LogP contribution in [0.2, 0.25) is 0 Å². The van der Waals surface area contributed by atoms with Crippen LogP contribution in [0.3, 0.4) is 0 Å². The molecule has 0 radical (unpaired) electrons. The molecular weight excluding hydrogens is 275 g/mol. The molecule has 1 heterocycles. The molecule has 106 valence electrons. The van der Waals surface area contributed by atoms with Gasteiger partial charge in [-0.15, -0.1) is 0 Å². The van der Waals surface area contributed by atoms with Gasteiger partial charge in [0, 0.05) is 12.7 Å². The van der Waals surface area contributed by atoms with Crippen LogP contribution in [0.5, 0.6) is 0 Å². The highest BCUT2D eigenvalue weighted by Gasteiger charge is 2.41. The van der Waals surface area contributed by atoms with Gasteiger partial charge >= 0.3 is 12.1 Å². The van der Waals surface area contributed by atoms with Crippen molar-refractivity contribution in [3.8, 4) is 0 Å². The third-order valence-corrected chi connectivity index (χ3v) is 2.30. The smallest absolute Gasteiger partial charge is 0.417 e. The number of alkyl halides is 5. The number of hydrogen-bond acceptors (Lipinski definition) is 4. The summed E-state index contributed by atoms with van der Waals surface area (Å²) in [5.74, 6) is -1.37. The van der Waals surface area contributed by atoms with Gasteiger partial charge in [0.05, 0.1) is 18.2 Å². The molecule has 0 aliphatic rings. The minimum absolute atomic E-state index is 0.615. The predicted molar refractivity (Wildman–Crippen MR) is 53.4 cm³/mol. The lowest BCUT2D eigenvalue weighted by atomic mass is 10.0. The van der Waals surface area contributed by atoms with E-state index >= 15 is 0 Å². The first-order valence-corrected chi connectivity index (χ1v) is 4.89. The first-order chi connectivity index (χ1) is 8.73. The summed E-state index contributed by atoms with van der Waals surface area (Å²) in [7, 11) is 0.851. The zero-order valence-corrected chi connectivity index (χ0v) is 9.59. The summed E-state index contributed by atoms with van der Waals surface area (Å²) in [5.41, 5.74) is 0.241. The van der Waals surface area contributed by atoms with Gasteiger partial charge in [0.25, 0.3) is 6.43 Å². The molecule has 0 amide bonds. The zero-order valence-electron chi connectivity index (χ0n) is 9.59. The molecule has 2 N–H and O–H groups in total. The van der Waals surface area contributed by atoms with Gasteiger partial charge in [-0.25, -0.2) is 18.6 Å². The molecule has 0 atom stereocenters. The molecule has 0 spiro atoms. The SMILES string of the molecule is COC(=O)c1ncc(CN)c(C(F)(F)F)c1C(F)F. The second-order valence-electron chi connectivity index (χ2n) is 3.41. The van der Waals surface area contributed by atoms with Crippen molar-refractivity contribution >= 4 is 5.97 Å². The largest absolute Gasteiger partial charge is 0.464 e. The zero-order chi connectivity index (χ0) is 14.8. The van der Waals surface area contributed by atoms with Crippen molar-refractivity contribution in [1.29, 1.82) is 0 Å². The quantitative estimate of drug-likeness (QED) is 0.683. The summed E-state index contributed by atoms with van der Waals surface area (Å²) in [6, 6.07) is 0. The van der Waals surface area contributed by atoms with Crippen molar-refractivity contribution in [2.75, 3.05) is 7.11 Å². The third-order valence-electron chi connectivity index (χ3n) is 2.30. The number of hydrogen-bond donors (Lipinski definition) is 1. The number of aromatic nitrogens is 1. The van der Waals surface area contributed by atoms with Gasteiger partial charge in [0.15, 0.2) is 5.69 Å². The van der Waals surface area contributed by atoms with Crippen molar-refractivity contribution in [2.24, 2.45) is 5.73 Å². The number of nitrogens with two attached hydrogens (primary N) is 1. The van der Waals surface area contributed by atoms with E-state index in [1.54, 1.807) is 0 Å². The van der Waals surface area contributed by atoms with Crippen LogP contribution >= 0.6 is 0 Å². The first-order valence-electron chi connectivity index (χ1n) is 4.89. The number of ether oxygens (including phenoxy) is 1. The number of halogens is 5. The molecule has 0 bridgehead atoms. The maximum atomic E-state index is 12.8. The summed E-state index contributed by atoms with van der Waals surface area (Å²) < 4.78 is 68.3. The Morgan fingerprint density at radius 1 is 1.47 bits per heavy atom. The minimum Gasteiger partial charge on any atom is -0.464 e. The summed E-state index contributed by atoms with van der Waals surface area (Å²) >= 11 is 0. The summed E-state index contributed by atoms with van der Waals surface area (Å²) in [6.07, 6.45) is -7.97. The van der Waals surface area contributed by atoms with E-state index in [0.717, 1.165) is 7.11 Å². The van der Waals surface area contributed by atoms with Gasteiger partial charge in [-0.1, -0.05) is 0 Å². The maximum Gasteiger partial charge on any atom is 0.417 e. The molecule has 4 nitrogen and oxygen atoms in total. The van der Waals surface area contributed by atoms with E-state index in [4.69, 9.17) is 5.73 Å². The summed E-state index contributed by atoms with van der Waals surface area (Å²) in [5, 5.41) is 0. The first kappa shape index (κ1) is 15.3. The number of esters is 1. The molecule has 0 saturated carbocycles. The lowest BCUT2D eigenvalue weighted by Gasteiger charge is -2.18. The Hall–Kier alpha value is -1.77. The fraction of sp³-hybridized carbons (Fsp3) is 0.400. The van der Waals surface area contributed by atoms with E-state index in [1.807, 2.05) is 0 Å². The molecule has 1 aromatic heterocycles. The number of nitrogens with zero attached hydrogens (tertiary/aromatic N) is 1. The fourth-order valence-corrected chi connectivity index (χ4v) is 1.53. The van der Waals surface area contributed by atoms with Gasteiger partial charge in [0.1, 0.15) is 0 Å². The van der Waals surface area contributed by atoms with Crippen LogP contribution in [0.15, 0.2) is 6.20 Å². The van der Waals surface area contributed by atoms with E-state index < -0.39 is 47.5 Å². The van der Waals surface area contributed by atoms with Crippen LogP contribution in [0.1, 0.15) is 33.6 Å². The highest BCUT2D eigenvalue weighted by atomic mass is 19.4. The Balaban J connectivity index is 3.68. The Morgan fingerprint density at radius 3 is 2.42 bits per heavy atom. The molecule has 0 aliphatic carbocycles. The molecule has 0 aromatic carbocycles. The molecule has 1 rings (SSSR count). The lowest BCUT2D eigenvalue weighted by Crippen LogP contribution is -2.21. The standard InChI is InChI=1S/C10H9F5N2O2/c1-19-9(18)7-5(8(11)12)6(10(13,14)15)4(2-16)3-17-7/h3,8H,2,16H2,1H3. The van der Waals surface area contributed by atoms with Crippen LogP contribution in [0.25, 0.3) is 0 Å². The molecule has 19 heavy (non-hydrogen) atoms. The molecule has 9 heteroatoms. The average Bonchev–Trinajstić information content (AvgIpc) is 2.34. The highest BCUT2D eigenvalue weighted by Crippen LogP contribution is 2.39. The molecule has 0 unspecified atom stereocenters. The van der Waals surface area contributed by atoms with Crippen LogP contribution in [-0.4, -0.2) is 18.1 Å². The monoisotopic (exact) mass is 284 g/mol. The van der Waals surface area contributed by atoms with Crippen molar-refractivity contribution in [2.45, 2.75) is 19.1 Å². The van der Waals surface area contributed by atoms with E-state index in [0.29, 0.717) is 6.20 Å². The second kappa shape index (κ2) is 5.47. The van der Waals surface area contributed by atoms with E-state index in [9.17, 15) is 26.7 Å². The normalized spacial score (nSPS) is 11.8. The average molecular weight is 284 g/mol. The van der Waals surface area contributed by atoms with Gasteiger partial charge in [-0.3, -0.25) is 0 Å². The van der Waals surface area contributed by atoms with Crippen molar-refractivity contribution in [3.63, 3.8) is 0 Å². The maximum absolute atomic E-state index is 12.8. The minimum atomic E-state index is -5.08. The Morgan fingerprint density at radius 2 is 2.05 bits per heavy atom. The van der Waals surface area contributed by atoms with Crippen LogP contribution in [-0.2, 0) is 17.5 Å². The Labute approximate surface area is 104 Å². The Kier molecular flexibility index (Phi) is 4.40. The number of pyridine rings is 1. The number of methoxy groups -OCH3 is 1. The molecule has 1 aromatic rings. The molecular formula is C10H9F5N2O2. The number of carbonyl (C=O) groups is 1. The summed E-state index contributed by atoms with van der Waals surface area (Å²) in [4.78, 5) is 14.5. The van der Waals surface area contributed by atoms with Gasteiger partial charge in [-0.05, 0) is 5.56 Å². The van der Waals surface area contributed by atoms with Crippen LogP contribution in [0.4, 0.5) is 22.0 Å². The van der Waals surface area contributed by atoms with Crippen molar-refractivity contribution < 1.29 is 31.5 Å². The Bertz CT molecular complexity index is 488. The van der Waals surface area contributed by atoms with Gasteiger partial charge in [0.2, 0.25) is 0 Å². The molecule has 0 fully saturated rings. The highest BCUT2D eigenvalue weighted by molar-refractivity contribution is 5.89. The van der Waals surface area contributed by atoms with Gasteiger partial charge in [-0.2, -0.15) is 13.2 Å². The summed E-state index contributed by atoms with van der Waals surface area (Å²) in [6.45, 7) is -0.636. The predicted octanol–water partition coefficient (Wildman–Crippen LogP) is 2.28. The van der Waals surface area contributed by atoms with Crippen molar-refractivity contribution in [1.82, 2.24) is 4.98 Å². The fourth-order valence-electron chi connectivity index (χ4n) is 1.53.